The van der Waals surface area contributed by atoms with E-state index in [1.807, 2.05) is 6.92 Å². The highest BCUT2D eigenvalue weighted by molar-refractivity contribution is 5.19. The molecule has 0 saturated heterocycles. The number of nitrogens with one attached hydrogen (secondary N) is 1. The van der Waals surface area contributed by atoms with Crippen molar-refractivity contribution in [2.24, 2.45) is 5.41 Å². The Morgan fingerprint density at radius 3 is 2.71 bits per heavy atom. The van der Waals surface area contributed by atoms with Gasteiger partial charge in [0.25, 0.3) is 0 Å². The van der Waals surface area contributed by atoms with Gasteiger partial charge < -0.3 is 10.1 Å². The van der Waals surface area contributed by atoms with Crippen molar-refractivity contribution >= 4 is 0 Å². The van der Waals surface area contributed by atoms with Crippen LogP contribution in [0.5, 0.6) is 0 Å². The smallest absolute Gasteiger partial charge is 0.130 e. The van der Waals surface area contributed by atoms with Crippen molar-refractivity contribution in [1.29, 1.82) is 0 Å². The highest BCUT2D eigenvalue weighted by atomic mass is 19.1. The molecule has 116 valence electrons. The van der Waals surface area contributed by atoms with Crippen LogP contribution >= 0.6 is 0 Å². The fraction of sp³-hybridized carbons (Fsp3) is 0.647. The first kappa shape index (κ1) is 14.9. The summed E-state index contributed by atoms with van der Waals surface area (Å²) in [5.41, 5.74) is 0.774. The van der Waals surface area contributed by atoms with E-state index in [2.05, 4.69) is 5.32 Å². The maximum absolute atomic E-state index is 13.7. The summed E-state index contributed by atoms with van der Waals surface area (Å²) in [6.07, 6.45) is 6.25. The van der Waals surface area contributed by atoms with Gasteiger partial charge in [-0.15, -0.1) is 0 Å². The summed E-state index contributed by atoms with van der Waals surface area (Å²) in [4.78, 5) is 0. The Morgan fingerprint density at radius 2 is 2.05 bits per heavy atom. The Labute approximate surface area is 124 Å². The Bertz CT molecular complexity index is 500. The monoisotopic (exact) mass is 295 g/mol. The van der Waals surface area contributed by atoms with Crippen molar-refractivity contribution in [1.82, 2.24) is 5.32 Å². The second kappa shape index (κ2) is 6.01. The summed E-state index contributed by atoms with van der Waals surface area (Å²) < 4.78 is 32.5. The Balaban J connectivity index is 1.63. The van der Waals surface area contributed by atoms with E-state index in [1.165, 1.54) is 37.8 Å². The molecule has 2 nitrogen and oxygen atoms in total. The van der Waals surface area contributed by atoms with Gasteiger partial charge in [-0.05, 0) is 32.3 Å². The number of hydrogen-bond acceptors (Lipinski definition) is 2. The average molecular weight is 295 g/mol. The molecule has 0 heterocycles. The third kappa shape index (κ3) is 2.71. The Hall–Kier alpha value is -1.00. The second-order valence-corrected chi connectivity index (χ2v) is 6.29. The lowest BCUT2D eigenvalue weighted by Gasteiger charge is -2.54. The van der Waals surface area contributed by atoms with Crippen LogP contribution < -0.4 is 5.32 Å². The Morgan fingerprint density at radius 1 is 1.29 bits per heavy atom. The van der Waals surface area contributed by atoms with Crippen molar-refractivity contribution in [2.75, 3.05) is 6.61 Å². The van der Waals surface area contributed by atoms with Crippen LogP contribution in [0.4, 0.5) is 8.78 Å². The van der Waals surface area contributed by atoms with Gasteiger partial charge in [0, 0.05) is 36.2 Å². The SMILES string of the molecule is CCOC1CC(NCc2ccc(F)cc2F)C12CCCC2. The van der Waals surface area contributed by atoms with Crippen molar-refractivity contribution in [3.8, 4) is 0 Å². The van der Waals surface area contributed by atoms with E-state index in [0.717, 1.165) is 19.1 Å². The van der Waals surface area contributed by atoms with E-state index in [0.29, 0.717) is 24.3 Å². The standard InChI is InChI=1S/C17H23F2NO/c1-2-21-16-10-15(17(16)7-3-4-8-17)20-11-12-5-6-13(18)9-14(12)19/h5-6,9,15-16,20H,2-4,7-8,10-11H2,1H3. The first-order chi connectivity index (χ1) is 10.2. The lowest BCUT2D eigenvalue weighted by atomic mass is 9.60. The number of rotatable bonds is 5. The van der Waals surface area contributed by atoms with Gasteiger partial charge in [-0.3, -0.25) is 0 Å². The normalized spacial score (nSPS) is 27.0. The third-order valence-corrected chi connectivity index (χ3v) is 5.24. The van der Waals surface area contributed by atoms with Crippen LogP contribution in [0.25, 0.3) is 0 Å². The van der Waals surface area contributed by atoms with Crippen LogP contribution in [-0.2, 0) is 11.3 Å². The minimum absolute atomic E-state index is 0.243. The van der Waals surface area contributed by atoms with Gasteiger partial charge in [0.15, 0.2) is 0 Å². The van der Waals surface area contributed by atoms with E-state index in [9.17, 15) is 8.78 Å². The molecule has 2 fully saturated rings. The molecule has 4 heteroatoms. The molecule has 2 saturated carbocycles. The molecule has 2 aliphatic carbocycles. The highest BCUT2D eigenvalue weighted by Gasteiger charge is 2.56. The molecule has 2 aliphatic rings. The van der Waals surface area contributed by atoms with Crippen LogP contribution in [0.1, 0.15) is 44.6 Å². The molecule has 0 amide bonds. The summed E-state index contributed by atoms with van der Waals surface area (Å²) in [5.74, 6) is -0.993. The van der Waals surface area contributed by atoms with Crippen LogP contribution in [-0.4, -0.2) is 18.8 Å². The number of hydrogen-bond donors (Lipinski definition) is 1. The molecule has 0 aliphatic heterocycles. The van der Waals surface area contributed by atoms with Crippen molar-refractivity contribution in [2.45, 2.75) is 57.7 Å². The van der Waals surface area contributed by atoms with Gasteiger partial charge in [0.05, 0.1) is 6.10 Å². The maximum Gasteiger partial charge on any atom is 0.130 e. The van der Waals surface area contributed by atoms with Gasteiger partial charge in [-0.25, -0.2) is 8.78 Å². The minimum Gasteiger partial charge on any atom is -0.378 e. The van der Waals surface area contributed by atoms with E-state index in [-0.39, 0.29) is 5.41 Å². The largest absolute Gasteiger partial charge is 0.378 e. The summed E-state index contributed by atoms with van der Waals surface area (Å²) in [7, 11) is 0. The predicted octanol–water partition coefficient (Wildman–Crippen LogP) is 3.79. The highest BCUT2D eigenvalue weighted by Crippen LogP contribution is 2.54. The van der Waals surface area contributed by atoms with Gasteiger partial charge in [-0.1, -0.05) is 18.9 Å². The second-order valence-electron chi connectivity index (χ2n) is 6.29. The zero-order chi connectivity index (χ0) is 14.9. The van der Waals surface area contributed by atoms with Crippen LogP contribution in [0.15, 0.2) is 18.2 Å². The lowest BCUT2D eigenvalue weighted by Crippen LogP contribution is -2.62. The molecule has 1 aromatic carbocycles. The van der Waals surface area contributed by atoms with Crippen LogP contribution in [0, 0.1) is 17.0 Å². The molecule has 2 atom stereocenters. The molecule has 1 aromatic rings. The topological polar surface area (TPSA) is 21.3 Å². The van der Waals surface area contributed by atoms with E-state index < -0.39 is 11.6 Å². The number of benzene rings is 1. The summed E-state index contributed by atoms with van der Waals surface area (Å²) in [6, 6.07) is 4.18. The van der Waals surface area contributed by atoms with E-state index in [4.69, 9.17) is 4.74 Å². The Kier molecular flexibility index (Phi) is 4.27. The first-order valence-corrected chi connectivity index (χ1v) is 7.94. The fourth-order valence-electron chi connectivity index (χ4n) is 4.07. The molecular weight excluding hydrogens is 272 g/mol. The van der Waals surface area contributed by atoms with Gasteiger partial charge in [0.1, 0.15) is 11.6 Å². The van der Waals surface area contributed by atoms with Gasteiger partial charge in [0.2, 0.25) is 0 Å². The molecule has 2 unspecified atom stereocenters. The van der Waals surface area contributed by atoms with Crippen molar-refractivity contribution in [3.05, 3.63) is 35.4 Å². The quantitative estimate of drug-likeness (QED) is 0.892. The van der Waals surface area contributed by atoms with Gasteiger partial charge in [-0.2, -0.15) is 0 Å². The number of halogens is 2. The maximum atomic E-state index is 13.7. The zero-order valence-corrected chi connectivity index (χ0v) is 12.5. The summed E-state index contributed by atoms with van der Waals surface area (Å²) in [6.45, 7) is 3.25. The molecular formula is C17H23F2NO. The molecule has 0 bridgehead atoms. The van der Waals surface area contributed by atoms with Crippen LogP contribution in [0.3, 0.4) is 0 Å². The molecule has 1 spiro atoms. The predicted molar refractivity (Wildman–Crippen MR) is 77.9 cm³/mol. The molecule has 3 rings (SSSR count). The molecule has 0 aromatic heterocycles. The van der Waals surface area contributed by atoms with Crippen LogP contribution in [0.2, 0.25) is 0 Å². The molecule has 0 radical (unpaired) electrons. The first-order valence-electron chi connectivity index (χ1n) is 7.94. The lowest BCUT2D eigenvalue weighted by molar-refractivity contribution is -0.130. The summed E-state index contributed by atoms with van der Waals surface area (Å²) in [5, 5.41) is 3.47. The molecule has 1 N–H and O–H groups in total. The van der Waals surface area contributed by atoms with E-state index >= 15 is 0 Å². The number of ether oxygens (including phenoxy) is 1. The van der Waals surface area contributed by atoms with Gasteiger partial charge >= 0.3 is 0 Å². The van der Waals surface area contributed by atoms with Crippen molar-refractivity contribution < 1.29 is 13.5 Å². The minimum atomic E-state index is -0.524. The summed E-state index contributed by atoms with van der Waals surface area (Å²) >= 11 is 0. The third-order valence-electron chi connectivity index (χ3n) is 5.24. The molecule has 21 heavy (non-hydrogen) atoms. The zero-order valence-electron chi connectivity index (χ0n) is 12.5. The fourth-order valence-corrected chi connectivity index (χ4v) is 4.07. The average Bonchev–Trinajstić information content (AvgIpc) is 2.96. The van der Waals surface area contributed by atoms with Crippen molar-refractivity contribution in [3.63, 3.8) is 0 Å². The van der Waals surface area contributed by atoms with E-state index in [1.54, 1.807) is 0 Å².